The van der Waals surface area contributed by atoms with E-state index in [0.717, 1.165) is 53.2 Å². The topological polar surface area (TPSA) is 140 Å². The molecule has 0 radical (unpaired) electrons. The Balaban J connectivity index is 1.24. The molecule has 9 rings (SSSR count). The van der Waals surface area contributed by atoms with Gasteiger partial charge in [-0.05, 0) is 102 Å². The van der Waals surface area contributed by atoms with Crippen molar-refractivity contribution in [3.63, 3.8) is 0 Å². The van der Waals surface area contributed by atoms with Gasteiger partial charge in [-0.1, -0.05) is 109 Å². The zero-order valence-electron chi connectivity index (χ0n) is 37.2. The standard InChI is InChI=1S/C54H57N3O8S/c1-3-31-62-54-50(57(2)66(60,61)49-23-13-20-39-21-14-28-55-53(39)49)35-47(56-63-36-37-15-5-4-6-16-37)45-33-41(19-9-11-29-58)44(22-10-12-30-59)51(52(45)54)46-34-43(26-27-48(46)65-54)64-42-25-24-38-17-7-8-18-40(38)32-42/h3-8,13-18,20-21,23-28,32-34,41,44,50-52,58-59H,1,9-12,19,22,29-31,35-36H2,2H3. The molecule has 2 N–H and O–H groups in total. The van der Waals surface area contributed by atoms with Gasteiger partial charge in [0.2, 0.25) is 15.8 Å². The maximum Gasteiger partial charge on any atom is 0.245 e. The number of unbranched alkanes of at least 4 members (excludes halogenated alkanes) is 2. The van der Waals surface area contributed by atoms with E-state index in [4.69, 9.17) is 24.2 Å². The molecule has 3 aliphatic rings. The van der Waals surface area contributed by atoms with Crippen molar-refractivity contribution in [2.45, 2.75) is 74.2 Å². The number of benzene rings is 5. The minimum atomic E-state index is -4.28. The first-order chi connectivity index (χ1) is 32.2. The molecule has 5 aromatic carbocycles. The molecule has 66 heavy (non-hydrogen) atoms. The third-order valence-corrected chi connectivity index (χ3v) is 15.4. The van der Waals surface area contributed by atoms with Crippen LogP contribution in [0.5, 0.6) is 17.2 Å². The van der Waals surface area contributed by atoms with E-state index in [0.29, 0.717) is 46.7 Å². The van der Waals surface area contributed by atoms with Crippen molar-refractivity contribution in [2.24, 2.45) is 22.9 Å². The number of para-hydroxylation sites is 1. The number of aliphatic hydroxyl groups excluding tert-OH is 2. The van der Waals surface area contributed by atoms with Crippen LogP contribution in [0.4, 0.5) is 0 Å². The van der Waals surface area contributed by atoms with Gasteiger partial charge in [0.25, 0.3) is 0 Å². The number of pyridine rings is 1. The molecule has 2 heterocycles. The molecule has 0 amide bonds. The summed E-state index contributed by atoms with van der Waals surface area (Å²) in [7, 11) is -2.69. The molecule has 1 saturated carbocycles. The highest BCUT2D eigenvalue weighted by Crippen LogP contribution is 2.62. The summed E-state index contributed by atoms with van der Waals surface area (Å²) in [6.45, 7) is 4.46. The van der Waals surface area contributed by atoms with Crippen LogP contribution in [0.2, 0.25) is 0 Å². The van der Waals surface area contributed by atoms with Crippen LogP contribution in [-0.4, -0.2) is 72.3 Å². The fourth-order valence-corrected chi connectivity index (χ4v) is 12.0. The van der Waals surface area contributed by atoms with Crippen molar-refractivity contribution in [2.75, 3.05) is 26.9 Å². The number of hydrogen-bond donors (Lipinski definition) is 2. The molecule has 1 fully saturated rings. The van der Waals surface area contributed by atoms with Crippen molar-refractivity contribution >= 4 is 37.4 Å². The number of nitrogens with zero attached hydrogens (tertiary/aromatic N) is 3. The summed E-state index contributed by atoms with van der Waals surface area (Å²) < 4.78 is 53.0. The van der Waals surface area contributed by atoms with Crippen LogP contribution < -0.4 is 9.47 Å². The molecule has 6 unspecified atom stereocenters. The molecule has 6 aromatic rings. The quantitative estimate of drug-likeness (QED) is 0.0462. The van der Waals surface area contributed by atoms with Crippen LogP contribution in [-0.2, 0) is 26.2 Å². The first kappa shape index (κ1) is 45.3. The van der Waals surface area contributed by atoms with Gasteiger partial charge in [0, 0.05) is 49.7 Å². The Morgan fingerprint density at radius 3 is 2.38 bits per heavy atom. The summed E-state index contributed by atoms with van der Waals surface area (Å²) in [6.07, 6.45) is 10.1. The molecular weight excluding hydrogens is 851 g/mol. The average Bonchev–Trinajstić information content (AvgIpc) is 3.34. The van der Waals surface area contributed by atoms with E-state index in [1.807, 2.05) is 84.9 Å². The average molecular weight is 908 g/mol. The van der Waals surface area contributed by atoms with Gasteiger partial charge in [-0.15, -0.1) is 6.58 Å². The van der Waals surface area contributed by atoms with E-state index in [2.05, 4.69) is 35.8 Å². The van der Waals surface area contributed by atoms with Gasteiger partial charge in [-0.25, -0.2) is 8.42 Å². The molecule has 342 valence electrons. The molecule has 0 bridgehead atoms. The fraction of sp³-hybridized carbons (Fsp3) is 0.333. The number of likely N-dealkylation sites (N-methyl/N-ethyl adjacent to an activating group) is 1. The highest BCUT2D eigenvalue weighted by Gasteiger charge is 2.65. The number of fused-ring (bicyclic) bond motifs is 4. The fourth-order valence-electron chi connectivity index (χ4n) is 10.5. The predicted octanol–water partition coefficient (Wildman–Crippen LogP) is 10.3. The van der Waals surface area contributed by atoms with E-state index in [-0.39, 0.29) is 55.5 Å². The van der Waals surface area contributed by atoms with Crippen molar-refractivity contribution in [3.8, 4) is 17.2 Å². The Kier molecular flexibility index (Phi) is 13.7. The van der Waals surface area contributed by atoms with Gasteiger partial charge < -0.3 is 29.3 Å². The van der Waals surface area contributed by atoms with Gasteiger partial charge in [-0.2, -0.15) is 4.31 Å². The summed E-state index contributed by atoms with van der Waals surface area (Å²) in [5, 5.41) is 27.8. The van der Waals surface area contributed by atoms with Crippen molar-refractivity contribution < 1.29 is 37.7 Å². The molecule has 11 nitrogen and oxygen atoms in total. The second kappa shape index (κ2) is 19.9. The number of aliphatic hydroxyl groups is 2. The zero-order chi connectivity index (χ0) is 45.7. The highest BCUT2D eigenvalue weighted by molar-refractivity contribution is 7.89. The van der Waals surface area contributed by atoms with Gasteiger partial charge in [0.15, 0.2) is 0 Å². The molecule has 0 spiro atoms. The second-order valence-electron chi connectivity index (χ2n) is 17.5. The molecule has 1 aliphatic heterocycles. The summed E-state index contributed by atoms with van der Waals surface area (Å²) in [5.74, 6) is -0.562. The largest absolute Gasteiger partial charge is 0.460 e. The first-order valence-electron chi connectivity index (χ1n) is 23.0. The Morgan fingerprint density at radius 1 is 0.848 bits per heavy atom. The molecule has 1 aromatic heterocycles. The normalized spacial score (nSPS) is 22.9. The maximum absolute atomic E-state index is 15.3. The smallest absolute Gasteiger partial charge is 0.245 e. The lowest BCUT2D eigenvalue weighted by atomic mass is 9.55. The monoisotopic (exact) mass is 907 g/mol. The van der Waals surface area contributed by atoms with E-state index in [9.17, 15) is 10.2 Å². The van der Waals surface area contributed by atoms with Crippen LogP contribution in [0.25, 0.3) is 21.7 Å². The Hall–Kier alpha value is -5.89. The highest BCUT2D eigenvalue weighted by atomic mass is 32.2. The lowest BCUT2D eigenvalue weighted by Gasteiger charge is -2.59. The van der Waals surface area contributed by atoms with E-state index < -0.39 is 27.8 Å². The third kappa shape index (κ3) is 8.88. The van der Waals surface area contributed by atoms with Crippen LogP contribution in [0.1, 0.15) is 62.0 Å². The third-order valence-electron chi connectivity index (χ3n) is 13.5. The molecule has 12 heteroatoms. The second-order valence-corrected chi connectivity index (χ2v) is 19.5. The number of sulfonamides is 1. The molecule has 2 aliphatic carbocycles. The Labute approximate surface area is 387 Å². The number of hydrogen-bond acceptors (Lipinski definition) is 10. The number of aromatic nitrogens is 1. The number of oxime groups is 1. The zero-order valence-corrected chi connectivity index (χ0v) is 38.1. The Bertz CT molecular complexity index is 2850. The van der Waals surface area contributed by atoms with Gasteiger partial charge in [0.05, 0.1) is 29.8 Å². The van der Waals surface area contributed by atoms with Crippen molar-refractivity contribution in [1.82, 2.24) is 9.29 Å². The summed E-state index contributed by atoms with van der Waals surface area (Å²) >= 11 is 0. The summed E-state index contributed by atoms with van der Waals surface area (Å²) in [6, 6.07) is 37.7. The number of rotatable bonds is 19. The lowest BCUT2D eigenvalue weighted by Crippen LogP contribution is -2.69. The maximum atomic E-state index is 15.3. The van der Waals surface area contributed by atoms with Crippen LogP contribution in [0.3, 0.4) is 0 Å². The lowest BCUT2D eigenvalue weighted by molar-refractivity contribution is -0.250. The number of allylic oxidation sites excluding steroid dienone is 1. The first-order valence-corrected chi connectivity index (χ1v) is 24.4. The SMILES string of the molecule is C=CCOC12Oc3ccc(Oc4ccc5ccccc5c4)cc3C3C(CCCCO)C(CCCCO)C=C(C(=NOCc4ccccc4)CC1N(C)S(=O)(=O)c1cccc4cccnc14)C32. The summed E-state index contributed by atoms with van der Waals surface area (Å²) in [5.41, 5.74) is 3.71. The van der Waals surface area contributed by atoms with Gasteiger partial charge >= 0.3 is 0 Å². The minimum absolute atomic E-state index is 0.0105. The Morgan fingerprint density at radius 2 is 1.58 bits per heavy atom. The molecule has 0 saturated heterocycles. The van der Waals surface area contributed by atoms with Crippen LogP contribution in [0, 0.1) is 17.8 Å². The van der Waals surface area contributed by atoms with E-state index in [1.54, 1.807) is 37.5 Å². The molecule has 6 atom stereocenters. The minimum Gasteiger partial charge on any atom is -0.460 e. The number of ether oxygens (including phenoxy) is 3. The van der Waals surface area contributed by atoms with Gasteiger partial charge in [-0.3, -0.25) is 4.98 Å². The van der Waals surface area contributed by atoms with Crippen molar-refractivity contribution in [1.29, 1.82) is 0 Å². The molecular formula is C54H57N3O8S. The van der Waals surface area contributed by atoms with E-state index >= 15 is 8.42 Å². The van der Waals surface area contributed by atoms with Crippen LogP contribution in [0.15, 0.2) is 162 Å². The van der Waals surface area contributed by atoms with Crippen LogP contribution >= 0.6 is 0 Å². The van der Waals surface area contributed by atoms with Crippen molar-refractivity contribution in [3.05, 3.63) is 163 Å². The summed E-state index contributed by atoms with van der Waals surface area (Å²) in [4.78, 5) is 10.8. The van der Waals surface area contributed by atoms with E-state index in [1.165, 1.54) is 4.31 Å². The van der Waals surface area contributed by atoms with Gasteiger partial charge in [0.1, 0.15) is 28.8 Å². The predicted molar refractivity (Wildman–Crippen MR) is 257 cm³/mol.